The fourth-order valence-corrected chi connectivity index (χ4v) is 3.60. The zero-order chi connectivity index (χ0) is 18.2. The summed E-state index contributed by atoms with van der Waals surface area (Å²) in [5.74, 6) is 0. The fraction of sp³-hybridized carbons (Fsp3) is 0.308. The maximum absolute atomic E-state index is 2.26. The second-order valence-electron chi connectivity index (χ2n) is 7.10. The topological polar surface area (TPSA) is 0 Å². The quantitative estimate of drug-likeness (QED) is 0.272. The molecule has 0 bridgehead atoms. The molecule has 0 aliphatic rings. The third-order valence-corrected chi connectivity index (χ3v) is 5.14. The van der Waals surface area contributed by atoms with Gasteiger partial charge in [-0.15, -0.1) is 81.2 Å². The van der Waals surface area contributed by atoms with Gasteiger partial charge < -0.3 is 0 Å². The predicted octanol–water partition coefficient (Wildman–Crippen LogP) is 7.80. The van der Waals surface area contributed by atoms with Crippen LogP contribution in [0.1, 0.15) is 50.7 Å². The second kappa shape index (κ2) is 11.4. The molecule has 0 aliphatic heterocycles. The molecular formula is C26H30Zr. The van der Waals surface area contributed by atoms with E-state index in [1.54, 1.807) is 0 Å². The number of rotatable bonds is 6. The SMILES string of the molecule is CCCC[c-]1ccc2ccccc21.CCCC[c-]1ccc2ccccc21.[Zr+2]. The van der Waals surface area contributed by atoms with Crippen LogP contribution < -0.4 is 0 Å². The van der Waals surface area contributed by atoms with Gasteiger partial charge >= 0.3 is 26.2 Å². The zero-order valence-corrected chi connectivity index (χ0v) is 19.1. The summed E-state index contributed by atoms with van der Waals surface area (Å²) in [6.45, 7) is 4.48. The molecule has 4 aromatic carbocycles. The van der Waals surface area contributed by atoms with Crippen molar-refractivity contribution >= 4 is 21.5 Å². The van der Waals surface area contributed by atoms with Crippen molar-refractivity contribution in [3.8, 4) is 0 Å². The molecule has 4 aromatic rings. The molecule has 0 saturated heterocycles. The van der Waals surface area contributed by atoms with E-state index in [1.807, 2.05) is 0 Å². The largest absolute Gasteiger partial charge is 2.00 e. The molecule has 4 rings (SSSR count). The van der Waals surface area contributed by atoms with Crippen molar-refractivity contribution in [2.75, 3.05) is 0 Å². The third kappa shape index (κ3) is 5.76. The molecule has 0 aromatic heterocycles. The van der Waals surface area contributed by atoms with Gasteiger partial charge in [0.15, 0.2) is 0 Å². The summed E-state index contributed by atoms with van der Waals surface area (Å²) in [5, 5.41) is 5.65. The summed E-state index contributed by atoms with van der Waals surface area (Å²) in [4.78, 5) is 0. The molecule has 138 valence electrons. The molecule has 0 radical (unpaired) electrons. The first kappa shape index (κ1) is 21.8. The van der Waals surface area contributed by atoms with Crippen molar-refractivity contribution in [2.45, 2.75) is 52.4 Å². The number of hydrogen-bond donors (Lipinski definition) is 0. The maximum atomic E-state index is 2.26. The molecular weight excluding hydrogens is 404 g/mol. The molecule has 0 heterocycles. The van der Waals surface area contributed by atoms with E-state index in [1.165, 1.54) is 71.2 Å². The minimum absolute atomic E-state index is 0. The van der Waals surface area contributed by atoms with Crippen LogP contribution in [-0.2, 0) is 39.0 Å². The Labute approximate surface area is 183 Å². The number of aryl methyl sites for hydroxylation is 2. The van der Waals surface area contributed by atoms with E-state index in [0.29, 0.717) is 0 Å². The van der Waals surface area contributed by atoms with Gasteiger partial charge in [0.1, 0.15) is 0 Å². The molecule has 0 N–H and O–H groups in total. The van der Waals surface area contributed by atoms with E-state index >= 15 is 0 Å². The van der Waals surface area contributed by atoms with Gasteiger partial charge in [-0.1, -0.05) is 64.5 Å². The van der Waals surface area contributed by atoms with Crippen molar-refractivity contribution in [3.63, 3.8) is 0 Å². The Hall–Kier alpha value is -1.46. The van der Waals surface area contributed by atoms with Crippen LogP contribution in [0.5, 0.6) is 0 Å². The maximum Gasteiger partial charge on any atom is 2.00 e. The summed E-state index contributed by atoms with van der Waals surface area (Å²) in [6.07, 6.45) is 7.61. The minimum atomic E-state index is 0. The first-order valence-corrected chi connectivity index (χ1v) is 10.1. The van der Waals surface area contributed by atoms with Crippen LogP contribution in [0.2, 0.25) is 0 Å². The summed E-state index contributed by atoms with van der Waals surface area (Å²) in [5.41, 5.74) is 3.02. The van der Waals surface area contributed by atoms with E-state index in [-0.39, 0.29) is 26.2 Å². The van der Waals surface area contributed by atoms with Crippen LogP contribution >= 0.6 is 0 Å². The van der Waals surface area contributed by atoms with Crippen LogP contribution in [0.15, 0.2) is 72.8 Å². The van der Waals surface area contributed by atoms with Crippen LogP contribution in [0, 0.1) is 0 Å². The van der Waals surface area contributed by atoms with Crippen molar-refractivity contribution in [3.05, 3.63) is 83.9 Å². The van der Waals surface area contributed by atoms with E-state index in [0.717, 1.165) is 0 Å². The Morgan fingerprint density at radius 1 is 0.593 bits per heavy atom. The van der Waals surface area contributed by atoms with Crippen LogP contribution in [0.3, 0.4) is 0 Å². The van der Waals surface area contributed by atoms with Gasteiger partial charge in [0.2, 0.25) is 0 Å². The number of hydrogen-bond acceptors (Lipinski definition) is 0. The molecule has 0 saturated carbocycles. The molecule has 0 spiro atoms. The number of unbranched alkanes of at least 4 members (excludes halogenated alkanes) is 2. The average molecular weight is 434 g/mol. The summed E-state index contributed by atoms with van der Waals surface area (Å²) in [6, 6.07) is 26.2. The Bertz CT molecular complexity index is 847. The van der Waals surface area contributed by atoms with Gasteiger partial charge in [-0.25, -0.2) is 0 Å². The van der Waals surface area contributed by atoms with Crippen molar-refractivity contribution < 1.29 is 26.2 Å². The van der Waals surface area contributed by atoms with Gasteiger partial charge in [0.25, 0.3) is 0 Å². The molecule has 0 amide bonds. The normalized spacial score (nSPS) is 10.4. The minimum Gasteiger partial charge on any atom is -0.168 e. The molecule has 0 unspecified atom stereocenters. The molecule has 0 fully saturated rings. The van der Waals surface area contributed by atoms with Gasteiger partial charge in [-0.2, -0.15) is 12.1 Å². The smallest absolute Gasteiger partial charge is 0.168 e. The van der Waals surface area contributed by atoms with Crippen LogP contribution in [0.25, 0.3) is 21.5 Å². The van der Waals surface area contributed by atoms with E-state index in [9.17, 15) is 0 Å². The second-order valence-corrected chi connectivity index (χ2v) is 7.10. The van der Waals surface area contributed by atoms with Gasteiger partial charge in [-0.3, -0.25) is 0 Å². The summed E-state index contributed by atoms with van der Waals surface area (Å²) < 4.78 is 0. The molecule has 0 atom stereocenters. The molecule has 27 heavy (non-hydrogen) atoms. The summed E-state index contributed by atoms with van der Waals surface area (Å²) in [7, 11) is 0. The van der Waals surface area contributed by atoms with Crippen molar-refractivity contribution in [1.82, 2.24) is 0 Å². The molecule has 1 heteroatoms. The van der Waals surface area contributed by atoms with Gasteiger partial charge in [0, 0.05) is 0 Å². The average Bonchev–Trinajstić information content (AvgIpc) is 3.29. The van der Waals surface area contributed by atoms with Crippen LogP contribution in [-0.4, -0.2) is 0 Å². The first-order chi connectivity index (χ1) is 12.8. The Morgan fingerprint density at radius 3 is 1.41 bits per heavy atom. The molecule has 0 aliphatic carbocycles. The van der Waals surface area contributed by atoms with E-state index in [2.05, 4.69) is 86.6 Å². The van der Waals surface area contributed by atoms with E-state index < -0.39 is 0 Å². The first-order valence-electron chi connectivity index (χ1n) is 10.1. The number of fused-ring (bicyclic) bond motifs is 2. The standard InChI is InChI=1S/2C13H15.Zr/c2*1-2-3-6-11-9-10-12-7-4-5-8-13(11)12;/h2*4-5,7-10H,2-3,6H2,1H3;/q2*-1;+2. The van der Waals surface area contributed by atoms with Gasteiger partial charge in [0.05, 0.1) is 0 Å². The Morgan fingerprint density at radius 2 is 1.00 bits per heavy atom. The predicted molar refractivity (Wildman–Crippen MR) is 116 cm³/mol. The zero-order valence-electron chi connectivity index (χ0n) is 16.7. The monoisotopic (exact) mass is 432 g/mol. The Kier molecular flexibility index (Phi) is 9.22. The fourth-order valence-electron chi connectivity index (χ4n) is 3.60. The Balaban J connectivity index is 0.000000187. The van der Waals surface area contributed by atoms with Crippen molar-refractivity contribution in [2.24, 2.45) is 0 Å². The number of benzene rings is 2. The molecule has 0 nitrogen and oxygen atoms in total. The summed E-state index contributed by atoms with van der Waals surface area (Å²) >= 11 is 0. The third-order valence-electron chi connectivity index (χ3n) is 5.14. The van der Waals surface area contributed by atoms with E-state index in [4.69, 9.17) is 0 Å². The van der Waals surface area contributed by atoms with Crippen molar-refractivity contribution in [1.29, 1.82) is 0 Å². The van der Waals surface area contributed by atoms with Crippen LogP contribution in [0.4, 0.5) is 0 Å². The van der Waals surface area contributed by atoms with Gasteiger partial charge in [-0.05, 0) is 0 Å².